The fourth-order valence-corrected chi connectivity index (χ4v) is 2.33. The van der Waals surface area contributed by atoms with Crippen molar-refractivity contribution in [2.45, 2.75) is 6.42 Å². The Labute approximate surface area is 119 Å². The summed E-state index contributed by atoms with van der Waals surface area (Å²) in [4.78, 5) is 16.2. The van der Waals surface area contributed by atoms with Crippen molar-refractivity contribution < 1.29 is 4.79 Å². The van der Waals surface area contributed by atoms with Gasteiger partial charge >= 0.3 is 0 Å². The molecule has 0 fully saturated rings. The standard InChI is InChI=1S/C14H12BrN3O/c15-13-4-2-11(8-17-13)18-14(19)10-1-3-12-9(7-10)5-6-16-12/h1-4,7-8,16H,5-6H2,(H,18,19). The monoisotopic (exact) mass is 317 g/mol. The lowest BCUT2D eigenvalue weighted by atomic mass is 10.1. The number of carbonyl (C=O) groups is 1. The number of aromatic nitrogens is 1. The van der Waals surface area contributed by atoms with Gasteiger partial charge in [-0.25, -0.2) is 4.98 Å². The topological polar surface area (TPSA) is 54.0 Å². The number of halogens is 1. The van der Waals surface area contributed by atoms with E-state index in [2.05, 4.69) is 31.5 Å². The third-order valence-corrected chi connectivity index (χ3v) is 3.53. The molecule has 0 saturated carbocycles. The van der Waals surface area contributed by atoms with Gasteiger partial charge in [0.25, 0.3) is 5.91 Å². The number of nitrogens with zero attached hydrogens (tertiary/aromatic N) is 1. The molecule has 19 heavy (non-hydrogen) atoms. The third-order valence-electron chi connectivity index (χ3n) is 3.06. The fraction of sp³-hybridized carbons (Fsp3) is 0.143. The normalized spacial score (nSPS) is 12.7. The highest BCUT2D eigenvalue weighted by Gasteiger charge is 2.13. The lowest BCUT2D eigenvalue weighted by Crippen LogP contribution is -2.12. The van der Waals surface area contributed by atoms with Crippen LogP contribution in [0.15, 0.2) is 41.1 Å². The number of hydrogen-bond acceptors (Lipinski definition) is 3. The number of rotatable bonds is 2. The first-order valence-electron chi connectivity index (χ1n) is 6.02. The van der Waals surface area contributed by atoms with Crippen molar-refractivity contribution in [1.82, 2.24) is 4.98 Å². The molecule has 2 aromatic rings. The molecule has 0 aliphatic carbocycles. The van der Waals surface area contributed by atoms with E-state index < -0.39 is 0 Å². The Morgan fingerprint density at radius 2 is 2.21 bits per heavy atom. The van der Waals surface area contributed by atoms with Crippen molar-refractivity contribution in [3.05, 3.63) is 52.3 Å². The van der Waals surface area contributed by atoms with Crippen LogP contribution < -0.4 is 10.6 Å². The van der Waals surface area contributed by atoms with Crippen LogP contribution in [-0.4, -0.2) is 17.4 Å². The Kier molecular flexibility index (Phi) is 3.21. The second kappa shape index (κ2) is 5.01. The molecule has 0 bridgehead atoms. The van der Waals surface area contributed by atoms with Gasteiger partial charge in [0.05, 0.1) is 11.9 Å². The fourth-order valence-electron chi connectivity index (χ4n) is 2.10. The summed E-state index contributed by atoms with van der Waals surface area (Å²) in [5.41, 5.74) is 3.68. The molecule has 0 unspecified atom stereocenters. The molecule has 1 aliphatic rings. The van der Waals surface area contributed by atoms with Crippen LogP contribution in [0.25, 0.3) is 0 Å². The van der Waals surface area contributed by atoms with E-state index in [1.54, 1.807) is 12.3 Å². The highest BCUT2D eigenvalue weighted by atomic mass is 79.9. The molecule has 0 spiro atoms. The summed E-state index contributed by atoms with van der Waals surface area (Å²) in [7, 11) is 0. The number of fused-ring (bicyclic) bond motifs is 1. The number of anilines is 2. The number of amides is 1. The summed E-state index contributed by atoms with van der Waals surface area (Å²) >= 11 is 3.26. The Bertz CT molecular complexity index is 625. The summed E-state index contributed by atoms with van der Waals surface area (Å²) < 4.78 is 0.745. The van der Waals surface area contributed by atoms with E-state index in [4.69, 9.17) is 0 Å². The van der Waals surface area contributed by atoms with Crippen LogP contribution in [-0.2, 0) is 6.42 Å². The van der Waals surface area contributed by atoms with Crippen molar-refractivity contribution in [2.24, 2.45) is 0 Å². The highest BCUT2D eigenvalue weighted by molar-refractivity contribution is 9.10. The molecule has 2 heterocycles. The van der Waals surface area contributed by atoms with Crippen LogP contribution in [0, 0.1) is 0 Å². The zero-order valence-corrected chi connectivity index (χ0v) is 11.7. The Morgan fingerprint density at radius 3 is 3.00 bits per heavy atom. The molecule has 2 N–H and O–H groups in total. The molecule has 0 radical (unpaired) electrons. The highest BCUT2D eigenvalue weighted by Crippen LogP contribution is 2.23. The quantitative estimate of drug-likeness (QED) is 0.837. The third kappa shape index (κ3) is 2.61. The van der Waals surface area contributed by atoms with Gasteiger partial charge in [0.1, 0.15) is 4.60 Å². The van der Waals surface area contributed by atoms with Gasteiger partial charge in [-0.2, -0.15) is 0 Å². The van der Waals surface area contributed by atoms with Crippen molar-refractivity contribution in [2.75, 3.05) is 17.2 Å². The molecule has 1 amide bonds. The average Bonchev–Trinajstić information content (AvgIpc) is 2.88. The molecular formula is C14H12BrN3O. The van der Waals surface area contributed by atoms with Gasteiger partial charge < -0.3 is 10.6 Å². The molecule has 1 aromatic carbocycles. The van der Waals surface area contributed by atoms with Crippen LogP contribution in [0.1, 0.15) is 15.9 Å². The Balaban J connectivity index is 1.78. The van der Waals surface area contributed by atoms with Crippen molar-refractivity contribution in [1.29, 1.82) is 0 Å². The maximum Gasteiger partial charge on any atom is 0.255 e. The molecule has 96 valence electrons. The minimum Gasteiger partial charge on any atom is -0.384 e. The molecule has 5 heteroatoms. The first kappa shape index (κ1) is 12.2. The van der Waals surface area contributed by atoms with Crippen LogP contribution >= 0.6 is 15.9 Å². The van der Waals surface area contributed by atoms with E-state index in [9.17, 15) is 4.79 Å². The van der Waals surface area contributed by atoms with E-state index >= 15 is 0 Å². The number of nitrogens with one attached hydrogen (secondary N) is 2. The summed E-state index contributed by atoms with van der Waals surface area (Å²) in [5.74, 6) is -0.112. The van der Waals surface area contributed by atoms with E-state index in [0.29, 0.717) is 11.3 Å². The maximum atomic E-state index is 12.1. The molecule has 1 aliphatic heterocycles. The van der Waals surface area contributed by atoms with Gasteiger partial charge in [0, 0.05) is 17.8 Å². The van der Waals surface area contributed by atoms with Gasteiger partial charge in [0.15, 0.2) is 0 Å². The van der Waals surface area contributed by atoms with Gasteiger partial charge in [-0.3, -0.25) is 4.79 Å². The van der Waals surface area contributed by atoms with Crippen LogP contribution in [0.3, 0.4) is 0 Å². The summed E-state index contributed by atoms with van der Waals surface area (Å²) in [6.45, 7) is 0.942. The molecule has 4 nitrogen and oxygen atoms in total. The Hall–Kier alpha value is -1.88. The predicted molar refractivity (Wildman–Crippen MR) is 78.5 cm³/mol. The molecular weight excluding hydrogens is 306 g/mol. The average molecular weight is 318 g/mol. The van der Waals surface area contributed by atoms with Gasteiger partial charge in [-0.15, -0.1) is 0 Å². The number of carbonyl (C=O) groups excluding carboxylic acids is 1. The van der Waals surface area contributed by atoms with E-state index in [0.717, 1.165) is 23.3 Å². The lowest BCUT2D eigenvalue weighted by molar-refractivity contribution is 0.102. The molecule has 1 aromatic heterocycles. The molecule has 0 atom stereocenters. The second-order valence-corrected chi connectivity index (χ2v) is 5.18. The number of pyridine rings is 1. The Morgan fingerprint density at radius 1 is 1.32 bits per heavy atom. The molecule has 3 rings (SSSR count). The molecule has 0 saturated heterocycles. The van der Waals surface area contributed by atoms with Crippen molar-refractivity contribution in [3.8, 4) is 0 Å². The van der Waals surface area contributed by atoms with Crippen molar-refractivity contribution in [3.63, 3.8) is 0 Å². The smallest absolute Gasteiger partial charge is 0.255 e. The van der Waals surface area contributed by atoms with Crippen LogP contribution in [0.4, 0.5) is 11.4 Å². The summed E-state index contributed by atoms with van der Waals surface area (Å²) in [6, 6.07) is 9.33. The minimum atomic E-state index is -0.112. The summed E-state index contributed by atoms with van der Waals surface area (Å²) in [5, 5.41) is 6.11. The zero-order chi connectivity index (χ0) is 13.2. The zero-order valence-electron chi connectivity index (χ0n) is 10.1. The number of benzene rings is 1. The summed E-state index contributed by atoms with van der Waals surface area (Å²) in [6.07, 6.45) is 2.59. The van der Waals surface area contributed by atoms with Gasteiger partial charge in [-0.1, -0.05) is 0 Å². The second-order valence-electron chi connectivity index (χ2n) is 4.37. The van der Waals surface area contributed by atoms with Gasteiger partial charge in [-0.05, 0) is 58.2 Å². The van der Waals surface area contributed by atoms with E-state index in [-0.39, 0.29) is 5.91 Å². The van der Waals surface area contributed by atoms with Crippen LogP contribution in [0.2, 0.25) is 0 Å². The van der Waals surface area contributed by atoms with Gasteiger partial charge in [0.2, 0.25) is 0 Å². The first-order chi connectivity index (χ1) is 9.22. The predicted octanol–water partition coefficient (Wildman–Crippen LogP) is 3.06. The minimum absolute atomic E-state index is 0.112. The largest absolute Gasteiger partial charge is 0.384 e. The van der Waals surface area contributed by atoms with Crippen LogP contribution in [0.5, 0.6) is 0 Å². The number of hydrogen-bond donors (Lipinski definition) is 2. The first-order valence-corrected chi connectivity index (χ1v) is 6.81. The lowest BCUT2D eigenvalue weighted by Gasteiger charge is -2.06. The van der Waals surface area contributed by atoms with E-state index in [1.807, 2.05) is 24.3 Å². The van der Waals surface area contributed by atoms with Crippen molar-refractivity contribution >= 4 is 33.2 Å². The van der Waals surface area contributed by atoms with E-state index in [1.165, 1.54) is 5.56 Å². The SMILES string of the molecule is O=C(Nc1ccc(Br)nc1)c1ccc2c(c1)CCN2. The maximum absolute atomic E-state index is 12.1.